The lowest BCUT2D eigenvalue weighted by molar-refractivity contribution is -0.134. The molecule has 0 fully saturated rings. The summed E-state index contributed by atoms with van der Waals surface area (Å²) in [5, 5.41) is 11.1. The Balaban J connectivity index is 2.63. The lowest BCUT2D eigenvalue weighted by Crippen LogP contribution is -2.13. The summed E-state index contributed by atoms with van der Waals surface area (Å²) in [5.74, 6) is -0.880. The van der Waals surface area contributed by atoms with Crippen molar-refractivity contribution in [2.24, 2.45) is 0 Å². The molecule has 2 N–H and O–H groups in total. The van der Waals surface area contributed by atoms with Crippen LogP contribution >= 0.6 is 22.6 Å². The minimum atomic E-state index is -0.880. The number of pyridine rings is 1. The fraction of sp³-hybridized carbons (Fsp3) is 0.143. The van der Waals surface area contributed by atoms with Crippen LogP contribution in [0.25, 0.3) is 0 Å². The fourth-order valence-corrected chi connectivity index (χ4v) is 1.17. The number of aromatic nitrogens is 1. The minimum Gasteiger partial charge on any atom is -0.480 e. The van der Waals surface area contributed by atoms with Crippen LogP contribution in [-0.2, 0) is 4.79 Å². The summed E-state index contributed by atoms with van der Waals surface area (Å²) in [6.45, 7) is -0.0817. The zero-order valence-electron chi connectivity index (χ0n) is 6.12. The molecule has 5 heteroatoms. The summed E-state index contributed by atoms with van der Waals surface area (Å²) in [7, 11) is 0. The number of carbonyl (C=O) groups is 1. The quantitative estimate of drug-likeness (QED) is 0.815. The van der Waals surface area contributed by atoms with E-state index in [0.29, 0.717) is 0 Å². The summed E-state index contributed by atoms with van der Waals surface area (Å²) >= 11 is 2.11. The van der Waals surface area contributed by atoms with Crippen LogP contribution in [0.2, 0.25) is 0 Å². The van der Waals surface area contributed by atoms with E-state index >= 15 is 0 Å². The molecular weight excluding hydrogens is 271 g/mol. The standard InChI is InChI=1S/C7H7IN2O2/c8-5-1-2-9-3-6(5)10-4-7(11)12/h1-3,10H,4H2,(H,11,12). The number of halogens is 1. The SMILES string of the molecule is O=C(O)CNc1cnccc1I. The van der Waals surface area contributed by atoms with Gasteiger partial charge >= 0.3 is 5.97 Å². The van der Waals surface area contributed by atoms with Gasteiger partial charge in [-0.25, -0.2) is 0 Å². The van der Waals surface area contributed by atoms with E-state index in [2.05, 4.69) is 32.9 Å². The van der Waals surface area contributed by atoms with Gasteiger partial charge in [0.05, 0.1) is 11.9 Å². The van der Waals surface area contributed by atoms with E-state index in [-0.39, 0.29) is 6.54 Å². The Morgan fingerprint density at radius 1 is 1.75 bits per heavy atom. The number of rotatable bonds is 3. The predicted octanol–water partition coefficient (Wildman–Crippen LogP) is 1.18. The first-order chi connectivity index (χ1) is 5.70. The maximum atomic E-state index is 10.2. The molecule has 0 aliphatic carbocycles. The van der Waals surface area contributed by atoms with Crippen LogP contribution in [0.5, 0.6) is 0 Å². The van der Waals surface area contributed by atoms with Crippen molar-refractivity contribution in [3.63, 3.8) is 0 Å². The highest BCUT2D eigenvalue weighted by molar-refractivity contribution is 14.1. The highest BCUT2D eigenvalue weighted by atomic mass is 127. The Morgan fingerprint density at radius 3 is 3.08 bits per heavy atom. The van der Waals surface area contributed by atoms with Crippen molar-refractivity contribution >= 4 is 34.2 Å². The number of nitrogens with one attached hydrogen (secondary N) is 1. The third-order valence-corrected chi connectivity index (χ3v) is 2.14. The molecule has 64 valence electrons. The summed E-state index contributed by atoms with van der Waals surface area (Å²) in [6, 6.07) is 1.81. The number of hydrogen-bond donors (Lipinski definition) is 2. The lowest BCUT2D eigenvalue weighted by atomic mass is 10.4. The van der Waals surface area contributed by atoms with E-state index in [1.807, 2.05) is 6.07 Å². The van der Waals surface area contributed by atoms with Crippen molar-refractivity contribution < 1.29 is 9.90 Å². The van der Waals surface area contributed by atoms with Crippen LogP contribution in [0.4, 0.5) is 5.69 Å². The molecule has 0 atom stereocenters. The Kier molecular flexibility index (Phi) is 3.27. The Bertz CT molecular complexity index is 290. The van der Waals surface area contributed by atoms with Crippen LogP contribution in [0.1, 0.15) is 0 Å². The zero-order valence-corrected chi connectivity index (χ0v) is 8.28. The Morgan fingerprint density at radius 2 is 2.50 bits per heavy atom. The number of anilines is 1. The average molecular weight is 278 g/mol. The summed E-state index contributed by atoms with van der Waals surface area (Å²) in [5.41, 5.74) is 0.750. The van der Waals surface area contributed by atoms with Gasteiger partial charge in [0.2, 0.25) is 0 Å². The normalized spacial score (nSPS) is 9.42. The summed E-state index contributed by atoms with van der Waals surface area (Å²) in [4.78, 5) is 14.1. The van der Waals surface area contributed by atoms with Gasteiger partial charge in [-0.1, -0.05) is 0 Å². The monoisotopic (exact) mass is 278 g/mol. The van der Waals surface area contributed by atoms with Crippen molar-refractivity contribution in [2.45, 2.75) is 0 Å². The molecule has 12 heavy (non-hydrogen) atoms. The van der Waals surface area contributed by atoms with Gasteiger partial charge in [0.15, 0.2) is 0 Å². The van der Waals surface area contributed by atoms with E-state index in [4.69, 9.17) is 5.11 Å². The third kappa shape index (κ3) is 2.65. The van der Waals surface area contributed by atoms with Crippen molar-refractivity contribution in [1.29, 1.82) is 0 Å². The minimum absolute atomic E-state index is 0.0817. The van der Waals surface area contributed by atoms with Gasteiger partial charge in [-0.15, -0.1) is 0 Å². The van der Waals surface area contributed by atoms with Crippen molar-refractivity contribution in [3.05, 3.63) is 22.0 Å². The van der Waals surface area contributed by atoms with E-state index in [9.17, 15) is 4.79 Å². The molecule has 0 aliphatic heterocycles. The maximum absolute atomic E-state index is 10.2. The Labute approximate surface area is 83.1 Å². The zero-order chi connectivity index (χ0) is 8.97. The predicted molar refractivity (Wildman–Crippen MR) is 53.1 cm³/mol. The number of carboxylic acid groups (broad SMARTS) is 1. The molecule has 1 aromatic rings. The largest absolute Gasteiger partial charge is 0.480 e. The van der Waals surface area contributed by atoms with Gasteiger partial charge in [-0.05, 0) is 28.7 Å². The number of carboxylic acids is 1. The first-order valence-corrected chi connectivity index (χ1v) is 4.33. The van der Waals surface area contributed by atoms with Crippen LogP contribution in [0, 0.1) is 3.57 Å². The first-order valence-electron chi connectivity index (χ1n) is 3.25. The molecular formula is C7H7IN2O2. The maximum Gasteiger partial charge on any atom is 0.322 e. The average Bonchev–Trinajstić information content (AvgIpc) is 2.03. The van der Waals surface area contributed by atoms with Crippen LogP contribution in [-0.4, -0.2) is 22.6 Å². The molecule has 0 saturated carbocycles. The second-order valence-electron chi connectivity index (χ2n) is 2.10. The molecule has 0 aromatic carbocycles. The smallest absolute Gasteiger partial charge is 0.322 e. The summed E-state index contributed by atoms with van der Waals surface area (Å²) in [6.07, 6.45) is 3.26. The van der Waals surface area contributed by atoms with Gasteiger partial charge < -0.3 is 10.4 Å². The molecule has 0 unspecified atom stereocenters. The van der Waals surface area contributed by atoms with E-state index in [1.165, 1.54) is 0 Å². The van der Waals surface area contributed by atoms with Gasteiger partial charge in [-0.3, -0.25) is 9.78 Å². The highest BCUT2D eigenvalue weighted by Gasteiger charge is 1.99. The van der Waals surface area contributed by atoms with Gasteiger partial charge in [0.1, 0.15) is 6.54 Å². The molecule has 4 nitrogen and oxygen atoms in total. The molecule has 0 radical (unpaired) electrons. The van der Waals surface area contributed by atoms with Gasteiger partial charge in [-0.2, -0.15) is 0 Å². The van der Waals surface area contributed by atoms with Crippen LogP contribution in [0.3, 0.4) is 0 Å². The summed E-state index contributed by atoms with van der Waals surface area (Å²) < 4.78 is 0.962. The second-order valence-corrected chi connectivity index (χ2v) is 3.27. The molecule has 1 heterocycles. The van der Waals surface area contributed by atoms with Gasteiger partial charge in [0, 0.05) is 9.77 Å². The molecule has 1 rings (SSSR count). The molecule has 1 aromatic heterocycles. The fourth-order valence-electron chi connectivity index (χ4n) is 0.678. The Hall–Kier alpha value is -0.850. The molecule has 0 bridgehead atoms. The molecule has 0 amide bonds. The first kappa shape index (κ1) is 9.24. The van der Waals surface area contributed by atoms with Crippen LogP contribution < -0.4 is 5.32 Å². The van der Waals surface area contributed by atoms with E-state index < -0.39 is 5.97 Å². The number of hydrogen-bond acceptors (Lipinski definition) is 3. The van der Waals surface area contributed by atoms with Gasteiger partial charge in [0.25, 0.3) is 0 Å². The van der Waals surface area contributed by atoms with E-state index in [1.54, 1.807) is 12.4 Å². The third-order valence-electron chi connectivity index (χ3n) is 1.20. The van der Waals surface area contributed by atoms with Crippen molar-refractivity contribution in [1.82, 2.24) is 4.98 Å². The highest BCUT2D eigenvalue weighted by Crippen LogP contribution is 2.14. The topological polar surface area (TPSA) is 62.2 Å². The number of nitrogens with zero attached hydrogens (tertiary/aromatic N) is 1. The van der Waals surface area contributed by atoms with Crippen LogP contribution in [0.15, 0.2) is 18.5 Å². The van der Waals surface area contributed by atoms with E-state index in [0.717, 1.165) is 9.26 Å². The molecule has 0 spiro atoms. The molecule has 0 aliphatic rings. The van der Waals surface area contributed by atoms with Crippen molar-refractivity contribution in [2.75, 3.05) is 11.9 Å². The lowest BCUT2D eigenvalue weighted by Gasteiger charge is -2.03. The second kappa shape index (κ2) is 4.24. The molecule has 0 saturated heterocycles. The number of aliphatic carboxylic acids is 1. The van der Waals surface area contributed by atoms with Crippen molar-refractivity contribution in [3.8, 4) is 0 Å².